The summed E-state index contributed by atoms with van der Waals surface area (Å²) in [5.74, 6) is 0. The van der Waals surface area contributed by atoms with Crippen molar-refractivity contribution >= 4 is 21.4 Å². The molecule has 3 heterocycles. The molecule has 136 valence electrons. The molecule has 4 rings (SSSR count). The maximum Gasteiger partial charge on any atom is 0.416 e. The Labute approximate surface area is 150 Å². The second-order valence-corrected chi connectivity index (χ2v) is 7.12. The fourth-order valence-electron chi connectivity index (χ4n) is 3.28. The van der Waals surface area contributed by atoms with Crippen molar-refractivity contribution in [3.8, 4) is 0 Å². The van der Waals surface area contributed by atoms with E-state index < -0.39 is 11.7 Å². The van der Waals surface area contributed by atoms with Crippen LogP contribution in [0.5, 0.6) is 0 Å². The van der Waals surface area contributed by atoms with Crippen molar-refractivity contribution in [3.63, 3.8) is 0 Å². The molecule has 0 N–H and O–H groups in total. The minimum atomic E-state index is -4.37. The molecule has 26 heavy (non-hydrogen) atoms. The third-order valence-electron chi connectivity index (χ3n) is 4.51. The van der Waals surface area contributed by atoms with Crippen LogP contribution >= 0.6 is 11.3 Å². The SMILES string of the molecule is O=c1ccnc2sc(N3CCCCC3c3cccc(C(F)(F)F)c3)nn12. The van der Waals surface area contributed by atoms with Crippen molar-refractivity contribution in [2.75, 3.05) is 11.4 Å². The molecule has 1 unspecified atom stereocenters. The van der Waals surface area contributed by atoms with Gasteiger partial charge in [-0.2, -0.15) is 17.7 Å². The third kappa shape index (κ3) is 3.07. The van der Waals surface area contributed by atoms with Crippen molar-refractivity contribution in [2.45, 2.75) is 31.5 Å². The molecule has 1 aliphatic heterocycles. The van der Waals surface area contributed by atoms with Gasteiger partial charge in [-0.1, -0.05) is 23.5 Å². The van der Waals surface area contributed by atoms with Gasteiger partial charge in [-0.3, -0.25) is 4.79 Å². The van der Waals surface area contributed by atoms with E-state index in [9.17, 15) is 18.0 Å². The standard InChI is InChI=1S/C17H15F3N4OS/c18-17(19,20)12-5-3-4-11(10-12)13-6-1-2-9-23(13)16-22-24-14(25)7-8-21-15(24)26-16/h3-5,7-8,10,13H,1-2,6,9H2. The summed E-state index contributed by atoms with van der Waals surface area (Å²) in [6, 6.07) is 6.57. The summed E-state index contributed by atoms with van der Waals surface area (Å²) in [6.07, 6.45) is -0.351. The molecular formula is C17H15F3N4OS. The highest BCUT2D eigenvalue weighted by molar-refractivity contribution is 7.20. The molecule has 0 radical (unpaired) electrons. The van der Waals surface area contributed by atoms with Gasteiger partial charge in [-0.15, -0.1) is 5.10 Å². The molecule has 1 fully saturated rings. The Morgan fingerprint density at radius 2 is 2.04 bits per heavy atom. The zero-order chi connectivity index (χ0) is 18.3. The number of rotatable bonds is 2. The molecule has 2 aromatic heterocycles. The fraction of sp³-hybridized carbons (Fsp3) is 0.353. The summed E-state index contributed by atoms with van der Waals surface area (Å²) >= 11 is 1.27. The van der Waals surface area contributed by atoms with Crippen molar-refractivity contribution in [1.29, 1.82) is 0 Å². The average molecular weight is 380 g/mol. The molecule has 0 spiro atoms. The number of aromatic nitrogens is 3. The minimum Gasteiger partial charge on any atom is -0.340 e. The van der Waals surface area contributed by atoms with E-state index in [1.165, 1.54) is 40.2 Å². The molecular weight excluding hydrogens is 365 g/mol. The molecule has 0 amide bonds. The van der Waals surface area contributed by atoms with Gasteiger partial charge in [0.25, 0.3) is 5.56 Å². The second kappa shape index (κ2) is 6.39. The molecule has 1 atom stereocenters. The van der Waals surface area contributed by atoms with E-state index in [1.54, 1.807) is 6.07 Å². The number of hydrogen-bond acceptors (Lipinski definition) is 5. The lowest BCUT2D eigenvalue weighted by Gasteiger charge is -2.35. The fourth-order valence-corrected chi connectivity index (χ4v) is 4.23. The Hall–Kier alpha value is -2.42. The summed E-state index contributed by atoms with van der Waals surface area (Å²) < 4.78 is 40.4. The van der Waals surface area contributed by atoms with Crippen LogP contribution in [0.2, 0.25) is 0 Å². The van der Waals surface area contributed by atoms with Gasteiger partial charge in [0.05, 0.1) is 11.6 Å². The number of benzene rings is 1. The molecule has 1 aliphatic rings. The first-order valence-corrected chi connectivity index (χ1v) is 9.04. The number of fused-ring (bicyclic) bond motifs is 1. The topological polar surface area (TPSA) is 50.5 Å². The monoisotopic (exact) mass is 380 g/mol. The zero-order valence-corrected chi connectivity index (χ0v) is 14.4. The number of hydrogen-bond donors (Lipinski definition) is 0. The molecule has 9 heteroatoms. The highest BCUT2D eigenvalue weighted by Gasteiger charge is 2.33. The normalized spacial score (nSPS) is 18.4. The van der Waals surface area contributed by atoms with Crippen molar-refractivity contribution in [1.82, 2.24) is 14.6 Å². The third-order valence-corrected chi connectivity index (χ3v) is 5.47. The van der Waals surface area contributed by atoms with Crippen LogP contribution in [0, 0.1) is 0 Å². The van der Waals surface area contributed by atoms with Gasteiger partial charge >= 0.3 is 6.18 Å². The highest BCUT2D eigenvalue weighted by atomic mass is 32.1. The van der Waals surface area contributed by atoms with Crippen LogP contribution in [0.1, 0.15) is 36.4 Å². The second-order valence-electron chi connectivity index (χ2n) is 6.19. The number of nitrogens with zero attached hydrogens (tertiary/aromatic N) is 4. The first-order chi connectivity index (χ1) is 12.4. The van der Waals surface area contributed by atoms with Crippen molar-refractivity contribution < 1.29 is 13.2 Å². The smallest absolute Gasteiger partial charge is 0.340 e. The predicted octanol–water partition coefficient (Wildman–Crippen LogP) is 3.90. The van der Waals surface area contributed by atoms with E-state index in [-0.39, 0.29) is 11.6 Å². The van der Waals surface area contributed by atoms with Crippen LogP contribution < -0.4 is 10.5 Å². The van der Waals surface area contributed by atoms with E-state index >= 15 is 0 Å². The van der Waals surface area contributed by atoms with Crippen LogP contribution in [0.4, 0.5) is 18.3 Å². The van der Waals surface area contributed by atoms with E-state index in [0.29, 0.717) is 22.2 Å². The van der Waals surface area contributed by atoms with E-state index in [0.717, 1.165) is 25.3 Å². The van der Waals surface area contributed by atoms with Crippen LogP contribution in [-0.4, -0.2) is 21.1 Å². The lowest BCUT2D eigenvalue weighted by atomic mass is 9.94. The molecule has 0 bridgehead atoms. The maximum atomic E-state index is 13.1. The number of anilines is 1. The van der Waals surface area contributed by atoms with E-state index in [1.807, 2.05) is 4.90 Å². The van der Waals surface area contributed by atoms with Crippen molar-refractivity contribution in [2.24, 2.45) is 0 Å². The molecule has 1 saturated heterocycles. The predicted molar refractivity (Wildman–Crippen MR) is 92.5 cm³/mol. The van der Waals surface area contributed by atoms with Crippen LogP contribution in [0.25, 0.3) is 4.96 Å². The summed E-state index contributed by atoms with van der Waals surface area (Å²) in [6.45, 7) is 0.676. The van der Waals surface area contributed by atoms with Gasteiger partial charge < -0.3 is 4.90 Å². The summed E-state index contributed by atoms with van der Waals surface area (Å²) in [4.78, 5) is 18.5. The van der Waals surface area contributed by atoms with E-state index in [2.05, 4.69) is 10.1 Å². The highest BCUT2D eigenvalue weighted by Crippen LogP contribution is 2.38. The van der Waals surface area contributed by atoms with Gasteiger partial charge in [-0.25, -0.2) is 4.98 Å². The van der Waals surface area contributed by atoms with Crippen LogP contribution in [0.15, 0.2) is 41.3 Å². The van der Waals surface area contributed by atoms with Gasteiger partial charge in [-0.05, 0) is 37.0 Å². The molecule has 0 aliphatic carbocycles. The minimum absolute atomic E-state index is 0.206. The molecule has 1 aromatic carbocycles. The first kappa shape index (κ1) is 17.0. The molecule has 0 saturated carbocycles. The Kier molecular flexibility index (Phi) is 4.18. The van der Waals surface area contributed by atoms with E-state index in [4.69, 9.17) is 0 Å². The summed E-state index contributed by atoms with van der Waals surface area (Å²) in [5.41, 5.74) is -0.313. The van der Waals surface area contributed by atoms with Gasteiger partial charge in [0.2, 0.25) is 10.1 Å². The number of alkyl halides is 3. The molecule has 5 nitrogen and oxygen atoms in total. The average Bonchev–Trinajstić information content (AvgIpc) is 3.07. The Balaban J connectivity index is 1.75. The molecule has 3 aromatic rings. The first-order valence-electron chi connectivity index (χ1n) is 8.22. The lowest BCUT2D eigenvalue weighted by molar-refractivity contribution is -0.137. The summed E-state index contributed by atoms with van der Waals surface area (Å²) in [7, 11) is 0. The van der Waals surface area contributed by atoms with Crippen molar-refractivity contribution in [3.05, 3.63) is 58.0 Å². The number of halogens is 3. The van der Waals surface area contributed by atoms with Gasteiger partial charge in [0.15, 0.2) is 0 Å². The maximum absolute atomic E-state index is 13.1. The quantitative estimate of drug-likeness (QED) is 0.677. The zero-order valence-electron chi connectivity index (χ0n) is 13.6. The Morgan fingerprint density at radius 1 is 1.19 bits per heavy atom. The number of piperidine rings is 1. The summed E-state index contributed by atoms with van der Waals surface area (Å²) in [5, 5.41) is 4.95. The van der Waals surface area contributed by atoms with Crippen LogP contribution in [0.3, 0.4) is 0 Å². The Morgan fingerprint density at radius 3 is 2.81 bits per heavy atom. The largest absolute Gasteiger partial charge is 0.416 e. The lowest BCUT2D eigenvalue weighted by Crippen LogP contribution is -2.33. The Bertz CT molecular complexity index is 997. The van der Waals surface area contributed by atoms with Gasteiger partial charge in [0.1, 0.15) is 0 Å². The van der Waals surface area contributed by atoms with Gasteiger partial charge in [0, 0.05) is 18.8 Å². The van der Waals surface area contributed by atoms with Crippen LogP contribution in [-0.2, 0) is 6.18 Å².